The summed E-state index contributed by atoms with van der Waals surface area (Å²) in [7, 11) is 0. The molecule has 0 saturated carbocycles. The summed E-state index contributed by atoms with van der Waals surface area (Å²) in [6, 6.07) is 9.53. The van der Waals surface area contributed by atoms with E-state index in [1.165, 1.54) is 0 Å². The zero-order valence-electron chi connectivity index (χ0n) is 11.6. The van der Waals surface area contributed by atoms with Crippen LogP contribution in [0.1, 0.15) is 44.2 Å². The standard InChI is InChI=1S/C16H20NO2/c1-3-13(2)16(18)19-11-5-4-6-14-7-9-15(12-17)10-8-14/h6-10,13H,3-5,11H2,1-2H3. The normalized spacial score (nSPS) is 11.6. The first kappa shape index (κ1) is 15.2. The molecule has 3 heteroatoms. The molecule has 3 nitrogen and oxygen atoms in total. The average molecular weight is 258 g/mol. The van der Waals surface area contributed by atoms with E-state index in [-0.39, 0.29) is 11.9 Å². The van der Waals surface area contributed by atoms with Crippen molar-refractivity contribution in [2.45, 2.75) is 33.1 Å². The highest BCUT2D eigenvalue weighted by Crippen LogP contribution is 2.10. The number of esters is 1. The third kappa shape index (κ3) is 5.56. The van der Waals surface area contributed by atoms with Crippen molar-refractivity contribution in [3.05, 3.63) is 41.8 Å². The van der Waals surface area contributed by atoms with Gasteiger partial charge in [0, 0.05) is 0 Å². The Hall–Kier alpha value is -1.82. The summed E-state index contributed by atoms with van der Waals surface area (Å²) in [5, 5.41) is 8.68. The molecule has 1 aromatic carbocycles. The first-order chi connectivity index (χ1) is 9.17. The van der Waals surface area contributed by atoms with Crippen molar-refractivity contribution in [3.8, 4) is 6.07 Å². The van der Waals surface area contributed by atoms with E-state index in [1.807, 2.05) is 26.0 Å². The number of carbonyl (C=O) groups is 1. The second kappa shape index (κ2) is 8.31. The Morgan fingerprint density at radius 2 is 2.11 bits per heavy atom. The molecule has 0 aliphatic carbocycles. The zero-order chi connectivity index (χ0) is 14.1. The number of unbranched alkanes of at least 4 members (excludes halogenated alkanes) is 1. The lowest BCUT2D eigenvalue weighted by molar-refractivity contribution is -0.148. The van der Waals surface area contributed by atoms with Gasteiger partial charge in [0.05, 0.1) is 24.2 Å². The summed E-state index contributed by atoms with van der Waals surface area (Å²) in [5.74, 6) is -0.122. The molecule has 1 rings (SSSR count). The first-order valence-corrected chi connectivity index (χ1v) is 6.67. The van der Waals surface area contributed by atoms with Gasteiger partial charge in [-0.2, -0.15) is 5.26 Å². The van der Waals surface area contributed by atoms with Gasteiger partial charge in [-0.15, -0.1) is 0 Å². The highest BCUT2D eigenvalue weighted by Gasteiger charge is 2.10. The van der Waals surface area contributed by atoms with E-state index in [4.69, 9.17) is 10.00 Å². The van der Waals surface area contributed by atoms with Gasteiger partial charge in [0.2, 0.25) is 0 Å². The highest BCUT2D eigenvalue weighted by molar-refractivity contribution is 5.71. The fourth-order valence-corrected chi connectivity index (χ4v) is 1.53. The summed E-state index contributed by atoms with van der Waals surface area (Å²) >= 11 is 0. The van der Waals surface area contributed by atoms with E-state index in [9.17, 15) is 4.79 Å². The third-order valence-electron chi connectivity index (χ3n) is 3.03. The lowest BCUT2D eigenvalue weighted by Gasteiger charge is -2.08. The van der Waals surface area contributed by atoms with Crippen LogP contribution in [0.3, 0.4) is 0 Å². The zero-order valence-corrected chi connectivity index (χ0v) is 11.6. The fourth-order valence-electron chi connectivity index (χ4n) is 1.53. The number of benzene rings is 1. The van der Waals surface area contributed by atoms with E-state index in [0.29, 0.717) is 12.2 Å². The van der Waals surface area contributed by atoms with Crippen LogP contribution in [0.25, 0.3) is 0 Å². The molecule has 101 valence electrons. The monoisotopic (exact) mass is 258 g/mol. The topological polar surface area (TPSA) is 50.1 Å². The minimum atomic E-state index is -0.110. The third-order valence-corrected chi connectivity index (χ3v) is 3.03. The number of hydrogen-bond donors (Lipinski definition) is 0. The van der Waals surface area contributed by atoms with Crippen LogP contribution in [0, 0.1) is 23.7 Å². The number of ether oxygens (including phenoxy) is 1. The summed E-state index contributed by atoms with van der Waals surface area (Å²) in [6.45, 7) is 4.33. The average Bonchev–Trinajstić information content (AvgIpc) is 2.46. The van der Waals surface area contributed by atoms with Gasteiger partial charge in [-0.3, -0.25) is 4.79 Å². The van der Waals surface area contributed by atoms with Gasteiger partial charge in [0.1, 0.15) is 0 Å². The van der Waals surface area contributed by atoms with Crippen molar-refractivity contribution in [1.82, 2.24) is 0 Å². The maximum atomic E-state index is 11.4. The van der Waals surface area contributed by atoms with Crippen molar-refractivity contribution < 1.29 is 9.53 Å². The lowest BCUT2D eigenvalue weighted by Crippen LogP contribution is -2.14. The number of nitriles is 1. The van der Waals surface area contributed by atoms with Gasteiger partial charge in [0.25, 0.3) is 0 Å². The van der Waals surface area contributed by atoms with Crippen LogP contribution in [0.2, 0.25) is 0 Å². The van der Waals surface area contributed by atoms with E-state index < -0.39 is 0 Å². The van der Waals surface area contributed by atoms with E-state index in [2.05, 4.69) is 12.5 Å². The van der Waals surface area contributed by atoms with Crippen molar-refractivity contribution >= 4 is 5.97 Å². The van der Waals surface area contributed by atoms with Crippen LogP contribution in [0.5, 0.6) is 0 Å². The van der Waals surface area contributed by atoms with Gasteiger partial charge >= 0.3 is 5.97 Å². The van der Waals surface area contributed by atoms with Gasteiger partial charge in [-0.1, -0.05) is 26.0 Å². The molecule has 0 aliphatic heterocycles. The summed E-state index contributed by atoms with van der Waals surface area (Å²) < 4.78 is 5.17. The Labute approximate surface area is 115 Å². The van der Waals surface area contributed by atoms with Crippen LogP contribution < -0.4 is 0 Å². The minimum Gasteiger partial charge on any atom is -0.465 e. The number of hydrogen-bond acceptors (Lipinski definition) is 3. The predicted molar refractivity (Wildman–Crippen MR) is 74.2 cm³/mol. The largest absolute Gasteiger partial charge is 0.465 e. The molecule has 1 radical (unpaired) electrons. The second-order valence-electron chi connectivity index (χ2n) is 4.56. The van der Waals surface area contributed by atoms with Crippen molar-refractivity contribution in [3.63, 3.8) is 0 Å². The second-order valence-corrected chi connectivity index (χ2v) is 4.56. The molecule has 0 saturated heterocycles. The van der Waals surface area contributed by atoms with Crippen molar-refractivity contribution in [2.75, 3.05) is 6.61 Å². The van der Waals surface area contributed by atoms with Gasteiger partial charge < -0.3 is 4.74 Å². The quantitative estimate of drug-likeness (QED) is 0.555. The molecule has 19 heavy (non-hydrogen) atoms. The van der Waals surface area contributed by atoms with Crippen molar-refractivity contribution in [1.29, 1.82) is 5.26 Å². The van der Waals surface area contributed by atoms with Crippen LogP contribution in [0.15, 0.2) is 24.3 Å². The maximum absolute atomic E-state index is 11.4. The Morgan fingerprint density at radius 1 is 1.42 bits per heavy atom. The van der Waals surface area contributed by atoms with Crippen LogP contribution in [-0.2, 0) is 9.53 Å². The molecule has 0 amide bonds. The minimum absolute atomic E-state index is 0.0116. The first-order valence-electron chi connectivity index (χ1n) is 6.67. The molecule has 0 fully saturated rings. The van der Waals surface area contributed by atoms with Gasteiger partial charge in [-0.25, -0.2) is 0 Å². The SMILES string of the molecule is CCC(C)C(=O)OCCC[CH]c1ccc(C#N)cc1. The Morgan fingerprint density at radius 3 is 2.68 bits per heavy atom. The fraction of sp³-hybridized carbons (Fsp3) is 0.438. The smallest absolute Gasteiger partial charge is 0.308 e. The predicted octanol–water partition coefficient (Wildman–Crippen LogP) is 3.48. The molecular weight excluding hydrogens is 238 g/mol. The Balaban J connectivity index is 2.17. The molecule has 0 aromatic heterocycles. The van der Waals surface area contributed by atoms with E-state index >= 15 is 0 Å². The van der Waals surface area contributed by atoms with E-state index in [1.54, 1.807) is 12.1 Å². The van der Waals surface area contributed by atoms with Crippen LogP contribution in [-0.4, -0.2) is 12.6 Å². The highest BCUT2D eigenvalue weighted by atomic mass is 16.5. The molecule has 1 atom stereocenters. The molecule has 0 bridgehead atoms. The lowest BCUT2D eigenvalue weighted by atomic mass is 10.1. The molecule has 0 N–H and O–H groups in total. The Kier molecular flexibility index (Phi) is 6.67. The molecule has 0 spiro atoms. The summed E-state index contributed by atoms with van der Waals surface area (Å²) in [4.78, 5) is 11.4. The molecule has 0 heterocycles. The molecule has 1 unspecified atom stereocenters. The molecular formula is C16H20NO2. The Bertz CT molecular complexity index is 431. The van der Waals surface area contributed by atoms with Crippen LogP contribution in [0.4, 0.5) is 0 Å². The number of nitrogens with zero attached hydrogens (tertiary/aromatic N) is 1. The van der Waals surface area contributed by atoms with E-state index in [0.717, 1.165) is 24.8 Å². The molecule has 0 aliphatic rings. The van der Waals surface area contributed by atoms with Gasteiger partial charge in [0.15, 0.2) is 0 Å². The summed E-state index contributed by atoms with van der Waals surface area (Å²) in [6.07, 6.45) is 4.58. The maximum Gasteiger partial charge on any atom is 0.308 e. The number of carbonyl (C=O) groups excluding carboxylic acids is 1. The van der Waals surface area contributed by atoms with Gasteiger partial charge in [-0.05, 0) is 43.4 Å². The number of rotatable bonds is 7. The summed E-state index contributed by atoms with van der Waals surface area (Å²) in [5.41, 5.74) is 1.76. The van der Waals surface area contributed by atoms with Crippen LogP contribution >= 0.6 is 0 Å². The van der Waals surface area contributed by atoms with Crippen molar-refractivity contribution in [2.24, 2.45) is 5.92 Å². The molecule has 1 aromatic rings.